The number of halogens is 2. The van der Waals surface area contributed by atoms with E-state index in [-0.39, 0.29) is 0 Å². The molecule has 0 aliphatic heterocycles. The molecule has 0 aliphatic rings. The van der Waals surface area contributed by atoms with Crippen molar-refractivity contribution in [2.45, 2.75) is 19.1 Å². The zero-order valence-corrected chi connectivity index (χ0v) is 10.3. The average Bonchev–Trinajstić information content (AvgIpc) is 2.45. The van der Waals surface area contributed by atoms with Gasteiger partial charge < -0.3 is 10.5 Å². The molecule has 0 unspecified atom stereocenters. The molecule has 2 aromatic carbocycles. The Morgan fingerprint density at radius 2 is 1.74 bits per heavy atom. The third-order valence-electron chi connectivity index (χ3n) is 2.76. The summed E-state index contributed by atoms with van der Waals surface area (Å²) in [4.78, 5) is 0. The fraction of sp³-hybridized carbons (Fsp3) is 0.200. The normalized spacial score (nSPS) is 12.4. The van der Waals surface area contributed by atoms with E-state index in [1.165, 1.54) is 0 Å². The molecule has 0 radical (unpaired) electrons. The van der Waals surface area contributed by atoms with E-state index in [9.17, 15) is 8.78 Å². The van der Waals surface area contributed by atoms with E-state index in [1.807, 2.05) is 30.3 Å². The van der Waals surface area contributed by atoms with Crippen molar-refractivity contribution in [1.82, 2.24) is 0 Å². The summed E-state index contributed by atoms with van der Waals surface area (Å²) in [5.74, 6) is 0.539. The Hall–Kier alpha value is -1.94. The van der Waals surface area contributed by atoms with E-state index in [0.717, 1.165) is 5.56 Å². The summed E-state index contributed by atoms with van der Waals surface area (Å²) < 4.78 is 30.6. The molecule has 19 heavy (non-hydrogen) atoms. The van der Waals surface area contributed by atoms with Crippen LogP contribution in [0.2, 0.25) is 0 Å². The second-order valence-electron chi connectivity index (χ2n) is 4.21. The maximum Gasteiger partial charge on any atom is 0.257 e. The lowest BCUT2D eigenvalue weighted by Crippen LogP contribution is -2.18. The first-order chi connectivity index (χ1) is 9.16. The summed E-state index contributed by atoms with van der Waals surface area (Å²) in [5.41, 5.74) is 6.80. The second kappa shape index (κ2) is 6.29. The topological polar surface area (TPSA) is 35.2 Å². The number of ether oxygens (including phenoxy) is 1. The first kappa shape index (κ1) is 13.5. The van der Waals surface area contributed by atoms with Crippen LogP contribution in [0.3, 0.4) is 0 Å². The summed E-state index contributed by atoms with van der Waals surface area (Å²) in [6, 6.07) is 14.9. The molecule has 2 aromatic rings. The van der Waals surface area contributed by atoms with Crippen LogP contribution in [0.1, 0.15) is 17.2 Å². The summed E-state index contributed by atoms with van der Waals surface area (Å²) >= 11 is 0. The summed E-state index contributed by atoms with van der Waals surface area (Å²) in [6.45, 7) is 0.397. The minimum Gasteiger partial charge on any atom is -0.489 e. The van der Waals surface area contributed by atoms with Crippen LogP contribution >= 0.6 is 0 Å². The largest absolute Gasteiger partial charge is 0.489 e. The van der Waals surface area contributed by atoms with Crippen molar-refractivity contribution in [3.05, 3.63) is 65.7 Å². The lowest BCUT2D eigenvalue weighted by molar-refractivity contribution is 0.116. The summed E-state index contributed by atoms with van der Waals surface area (Å²) in [7, 11) is 0. The van der Waals surface area contributed by atoms with Crippen molar-refractivity contribution in [2.24, 2.45) is 5.73 Å². The molecule has 0 fully saturated rings. The smallest absolute Gasteiger partial charge is 0.257 e. The molecule has 1 atom stereocenters. The number of alkyl halides is 2. The van der Waals surface area contributed by atoms with Crippen LogP contribution in [-0.4, -0.2) is 6.43 Å². The fourth-order valence-electron chi connectivity index (χ4n) is 1.70. The highest BCUT2D eigenvalue weighted by molar-refractivity contribution is 5.31. The van der Waals surface area contributed by atoms with Gasteiger partial charge in [0.25, 0.3) is 6.43 Å². The third kappa shape index (κ3) is 3.76. The molecule has 0 aromatic heterocycles. The van der Waals surface area contributed by atoms with Crippen LogP contribution in [-0.2, 0) is 6.61 Å². The van der Waals surface area contributed by atoms with Gasteiger partial charge in [-0.15, -0.1) is 0 Å². The molecule has 2 N–H and O–H groups in total. The van der Waals surface area contributed by atoms with Gasteiger partial charge in [0, 0.05) is 0 Å². The van der Waals surface area contributed by atoms with Crippen LogP contribution in [0.15, 0.2) is 54.6 Å². The molecule has 0 amide bonds. The van der Waals surface area contributed by atoms with Crippen LogP contribution < -0.4 is 10.5 Å². The van der Waals surface area contributed by atoms with Gasteiger partial charge in [0.2, 0.25) is 0 Å². The average molecular weight is 263 g/mol. The molecule has 100 valence electrons. The molecular weight excluding hydrogens is 248 g/mol. The van der Waals surface area contributed by atoms with E-state index >= 15 is 0 Å². The number of hydrogen-bond donors (Lipinski definition) is 1. The Morgan fingerprint density at radius 3 is 2.42 bits per heavy atom. The van der Waals surface area contributed by atoms with E-state index in [1.54, 1.807) is 24.3 Å². The zero-order chi connectivity index (χ0) is 13.7. The summed E-state index contributed by atoms with van der Waals surface area (Å²) in [5, 5.41) is 0. The molecule has 0 aliphatic carbocycles. The van der Waals surface area contributed by atoms with Crippen LogP contribution in [0.5, 0.6) is 5.75 Å². The molecule has 0 saturated carbocycles. The molecular formula is C15H15F2NO. The van der Waals surface area contributed by atoms with E-state index < -0.39 is 12.5 Å². The monoisotopic (exact) mass is 263 g/mol. The Bertz CT molecular complexity index is 517. The van der Waals surface area contributed by atoms with Gasteiger partial charge >= 0.3 is 0 Å². The molecule has 0 heterocycles. The Kier molecular flexibility index (Phi) is 4.47. The first-order valence-corrected chi connectivity index (χ1v) is 5.97. The number of nitrogens with two attached hydrogens (primary N) is 1. The second-order valence-corrected chi connectivity index (χ2v) is 4.21. The first-order valence-electron chi connectivity index (χ1n) is 5.97. The van der Waals surface area contributed by atoms with Crippen molar-refractivity contribution >= 4 is 0 Å². The van der Waals surface area contributed by atoms with Gasteiger partial charge in [-0.3, -0.25) is 0 Å². The fourth-order valence-corrected chi connectivity index (χ4v) is 1.70. The quantitative estimate of drug-likeness (QED) is 0.895. The lowest BCUT2D eigenvalue weighted by Gasteiger charge is -2.12. The van der Waals surface area contributed by atoms with Gasteiger partial charge in [-0.2, -0.15) is 0 Å². The minimum absolute atomic E-state index is 0.376. The van der Waals surface area contributed by atoms with Gasteiger partial charge in [-0.05, 0) is 23.3 Å². The molecule has 2 nitrogen and oxygen atoms in total. The zero-order valence-electron chi connectivity index (χ0n) is 10.3. The van der Waals surface area contributed by atoms with Crippen molar-refractivity contribution in [3.63, 3.8) is 0 Å². The molecule has 4 heteroatoms. The third-order valence-corrected chi connectivity index (χ3v) is 2.76. The standard InChI is InChI=1S/C15H15F2NO/c16-15(17)14(18)12-7-4-8-13(9-12)19-10-11-5-2-1-3-6-11/h1-9,14-15H,10,18H2/t14-/m0/s1. The van der Waals surface area contributed by atoms with Gasteiger partial charge in [0.15, 0.2) is 0 Å². The van der Waals surface area contributed by atoms with E-state index in [2.05, 4.69) is 0 Å². The van der Waals surface area contributed by atoms with Crippen molar-refractivity contribution in [3.8, 4) is 5.75 Å². The van der Waals surface area contributed by atoms with Crippen molar-refractivity contribution < 1.29 is 13.5 Å². The lowest BCUT2D eigenvalue weighted by atomic mass is 10.1. The van der Waals surface area contributed by atoms with Crippen LogP contribution in [0, 0.1) is 0 Å². The van der Waals surface area contributed by atoms with E-state index in [4.69, 9.17) is 10.5 Å². The van der Waals surface area contributed by atoms with Gasteiger partial charge in [0.05, 0.1) is 6.04 Å². The van der Waals surface area contributed by atoms with Crippen LogP contribution in [0.25, 0.3) is 0 Å². The predicted octanol–water partition coefficient (Wildman–Crippen LogP) is 3.53. The number of hydrogen-bond acceptors (Lipinski definition) is 2. The molecule has 2 rings (SSSR count). The summed E-state index contributed by atoms with van der Waals surface area (Å²) in [6.07, 6.45) is -2.58. The Labute approximate surface area is 110 Å². The van der Waals surface area contributed by atoms with Crippen LogP contribution in [0.4, 0.5) is 8.78 Å². The van der Waals surface area contributed by atoms with E-state index in [0.29, 0.717) is 17.9 Å². The predicted molar refractivity (Wildman–Crippen MR) is 70.1 cm³/mol. The Morgan fingerprint density at radius 1 is 1.00 bits per heavy atom. The highest BCUT2D eigenvalue weighted by Crippen LogP contribution is 2.22. The number of rotatable bonds is 5. The maximum absolute atomic E-state index is 12.5. The molecule has 0 bridgehead atoms. The SMILES string of the molecule is N[C@@H](c1cccc(OCc2ccccc2)c1)C(F)F. The highest BCUT2D eigenvalue weighted by Gasteiger charge is 2.17. The molecule has 0 saturated heterocycles. The van der Waals surface area contributed by atoms with Crippen molar-refractivity contribution in [1.29, 1.82) is 0 Å². The number of benzene rings is 2. The maximum atomic E-state index is 12.5. The highest BCUT2D eigenvalue weighted by atomic mass is 19.3. The molecule has 0 spiro atoms. The van der Waals surface area contributed by atoms with Gasteiger partial charge in [-0.1, -0.05) is 42.5 Å². The minimum atomic E-state index is -2.58. The van der Waals surface area contributed by atoms with Gasteiger partial charge in [-0.25, -0.2) is 8.78 Å². The Balaban J connectivity index is 2.03. The van der Waals surface area contributed by atoms with Gasteiger partial charge in [0.1, 0.15) is 12.4 Å². The van der Waals surface area contributed by atoms with Crippen molar-refractivity contribution in [2.75, 3.05) is 0 Å².